The SMILES string of the molecule is CC(C)[C@H](CC(=O)O)N1C(=O)c2ccccc2C1=O. The molecule has 0 aromatic heterocycles. The van der Waals surface area contributed by atoms with Gasteiger partial charge in [0, 0.05) is 0 Å². The number of hydrogen-bond donors (Lipinski definition) is 1. The van der Waals surface area contributed by atoms with Crippen molar-refractivity contribution in [2.24, 2.45) is 5.92 Å². The van der Waals surface area contributed by atoms with Gasteiger partial charge >= 0.3 is 5.97 Å². The number of amides is 2. The maximum atomic E-state index is 12.2. The van der Waals surface area contributed by atoms with E-state index in [1.165, 1.54) is 0 Å². The summed E-state index contributed by atoms with van der Waals surface area (Å²) >= 11 is 0. The molecule has 0 radical (unpaired) electrons. The molecule has 0 spiro atoms. The third-order valence-corrected chi connectivity index (χ3v) is 3.31. The van der Waals surface area contributed by atoms with Gasteiger partial charge in [0.05, 0.1) is 23.6 Å². The van der Waals surface area contributed by atoms with Crippen LogP contribution in [0.1, 0.15) is 41.0 Å². The van der Waals surface area contributed by atoms with Crippen molar-refractivity contribution in [3.8, 4) is 0 Å². The predicted molar refractivity (Wildman–Crippen MR) is 67.8 cm³/mol. The Bertz CT molecular complexity index is 515. The van der Waals surface area contributed by atoms with Gasteiger partial charge in [-0.3, -0.25) is 19.3 Å². The van der Waals surface area contributed by atoms with Crippen LogP contribution < -0.4 is 0 Å². The quantitative estimate of drug-likeness (QED) is 0.838. The zero-order chi connectivity index (χ0) is 14.2. The van der Waals surface area contributed by atoms with E-state index in [1.54, 1.807) is 38.1 Å². The molecule has 1 aliphatic heterocycles. The molecule has 1 heterocycles. The summed E-state index contributed by atoms with van der Waals surface area (Å²) in [5.41, 5.74) is 0.701. The molecule has 0 aliphatic carbocycles. The van der Waals surface area contributed by atoms with Crippen LogP contribution in [0.4, 0.5) is 0 Å². The van der Waals surface area contributed by atoms with E-state index in [9.17, 15) is 14.4 Å². The summed E-state index contributed by atoms with van der Waals surface area (Å²) in [6.45, 7) is 3.61. The molecule has 0 unspecified atom stereocenters. The van der Waals surface area contributed by atoms with Crippen LogP contribution in [-0.2, 0) is 4.79 Å². The lowest BCUT2D eigenvalue weighted by Gasteiger charge is -2.28. The highest BCUT2D eigenvalue weighted by molar-refractivity contribution is 6.21. The second-order valence-corrected chi connectivity index (χ2v) is 4.94. The van der Waals surface area contributed by atoms with Gasteiger partial charge in [-0.25, -0.2) is 0 Å². The van der Waals surface area contributed by atoms with Crippen molar-refractivity contribution in [3.63, 3.8) is 0 Å². The van der Waals surface area contributed by atoms with Gasteiger partial charge in [-0.05, 0) is 18.1 Å². The maximum absolute atomic E-state index is 12.2. The van der Waals surface area contributed by atoms with E-state index in [0.29, 0.717) is 11.1 Å². The van der Waals surface area contributed by atoms with E-state index >= 15 is 0 Å². The predicted octanol–water partition coefficient (Wildman–Crippen LogP) is 1.78. The first-order chi connectivity index (χ1) is 8.93. The van der Waals surface area contributed by atoms with Crippen LogP contribution in [0.2, 0.25) is 0 Å². The van der Waals surface area contributed by atoms with Gasteiger partial charge in [0.25, 0.3) is 11.8 Å². The fraction of sp³-hybridized carbons (Fsp3) is 0.357. The van der Waals surface area contributed by atoms with E-state index < -0.39 is 23.8 Å². The molecule has 1 aromatic rings. The van der Waals surface area contributed by atoms with E-state index in [1.807, 2.05) is 0 Å². The van der Waals surface area contributed by atoms with Crippen molar-refractivity contribution < 1.29 is 19.5 Å². The lowest BCUT2D eigenvalue weighted by Crippen LogP contribution is -2.44. The van der Waals surface area contributed by atoms with E-state index in [-0.39, 0.29) is 12.3 Å². The molecule has 1 aliphatic rings. The van der Waals surface area contributed by atoms with Gasteiger partial charge in [0.1, 0.15) is 0 Å². The molecule has 5 nitrogen and oxygen atoms in total. The molecule has 5 heteroatoms. The topological polar surface area (TPSA) is 74.7 Å². The van der Waals surface area contributed by atoms with Gasteiger partial charge < -0.3 is 5.11 Å². The summed E-state index contributed by atoms with van der Waals surface area (Å²) in [5.74, 6) is -1.94. The zero-order valence-corrected chi connectivity index (χ0v) is 10.8. The van der Waals surface area contributed by atoms with Gasteiger partial charge in [-0.2, -0.15) is 0 Å². The molecule has 0 bridgehead atoms. The summed E-state index contributed by atoms with van der Waals surface area (Å²) < 4.78 is 0. The fourth-order valence-corrected chi connectivity index (χ4v) is 2.31. The van der Waals surface area contributed by atoms with Crippen LogP contribution in [0, 0.1) is 5.92 Å². The lowest BCUT2D eigenvalue weighted by atomic mass is 9.99. The molecule has 0 saturated heterocycles. The number of aliphatic carboxylic acids is 1. The van der Waals surface area contributed by atoms with Gasteiger partial charge in [-0.1, -0.05) is 26.0 Å². The molecule has 1 atom stereocenters. The second-order valence-electron chi connectivity index (χ2n) is 4.94. The van der Waals surface area contributed by atoms with Gasteiger partial charge in [0.2, 0.25) is 0 Å². The number of rotatable bonds is 4. The zero-order valence-electron chi connectivity index (χ0n) is 10.8. The smallest absolute Gasteiger partial charge is 0.305 e. The molecule has 0 saturated carbocycles. The van der Waals surface area contributed by atoms with E-state index in [0.717, 1.165) is 4.90 Å². The molecule has 100 valence electrons. The Kier molecular flexibility index (Phi) is 3.38. The van der Waals surface area contributed by atoms with Gasteiger partial charge in [-0.15, -0.1) is 0 Å². The van der Waals surface area contributed by atoms with Crippen LogP contribution in [0.5, 0.6) is 0 Å². The number of carboxylic acids is 1. The minimum absolute atomic E-state index is 0.113. The Morgan fingerprint density at radius 1 is 1.16 bits per heavy atom. The molecule has 0 fully saturated rings. The first-order valence-corrected chi connectivity index (χ1v) is 6.12. The average Bonchev–Trinajstić information content (AvgIpc) is 2.60. The summed E-state index contributed by atoms with van der Waals surface area (Å²) in [7, 11) is 0. The van der Waals surface area contributed by atoms with Crippen LogP contribution in [0.3, 0.4) is 0 Å². The molecular weight excluding hydrogens is 246 g/mol. The Morgan fingerprint density at radius 3 is 2.00 bits per heavy atom. The highest BCUT2D eigenvalue weighted by Crippen LogP contribution is 2.28. The van der Waals surface area contributed by atoms with Crippen LogP contribution >= 0.6 is 0 Å². The maximum Gasteiger partial charge on any atom is 0.305 e. The van der Waals surface area contributed by atoms with Crippen molar-refractivity contribution in [1.82, 2.24) is 4.90 Å². The van der Waals surface area contributed by atoms with E-state index in [4.69, 9.17) is 5.11 Å². The Morgan fingerprint density at radius 2 is 1.63 bits per heavy atom. The molecule has 1 N–H and O–H groups in total. The lowest BCUT2D eigenvalue weighted by molar-refractivity contribution is -0.138. The Balaban J connectivity index is 2.39. The Labute approximate surface area is 110 Å². The Hall–Kier alpha value is -2.17. The van der Waals surface area contributed by atoms with Crippen LogP contribution in [-0.4, -0.2) is 33.8 Å². The second kappa shape index (κ2) is 4.84. The largest absolute Gasteiger partial charge is 0.481 e. The molecular formula is C14H15NO4. The number of hydrogen-bond acceptors (Lipinski definition) is 3. The van der Waals surface area contributed by atoms with Gasteiger partial charge in [0.15, 0.2) is 0 Å². The van der Waals surface area contributed by atoms with Crippen molar-refractivity contribution in [3.05, 3.63) is 35.4 Å². The molecule has 19 heavy (non-hydrogen) atoms. The van der Waals surface area contributed by atoms with Crippen LogP contribution in [0.15, 0.2) is 24.3 Å². The monoisotopic (exact) mass is 261 g/mol. The number of carbonyl (C=O) groups is 3. The number of carboxylic acid groups (broad SMARTS) is 1. The normalized spacial score (nSPS) is 15.8. The summed E-state index contributed by atoms with van der Waals surface area (Å²) in [6, 6.07) is 5.94. The number of nitrogens with zero attached hydrogens (tertiary/aromatic N) is 1. The average molecular weight is 261 g/mol. The number of imide groups is 1. The highest BCUT2D eigenvalue weighted by atomic mass is 16.4. The minimum Gasteiger partial charge on any atom is -0.481 e. The highest BCUT2D eigenvalue weighted by Gasteiger charge is 2.41. The van der Waals surface area contributed by atoms with Crippen molar-refractivity contribution in [2.45, 2.75) is 26.3 Å². The minimum atomic E-state index is -1.02. The number of fused-ring (bicyclic) bond motifs is 1. The first kappa shape index (κ1) is 13.3. The van der Waals surface area contributed by atoms with E-state index in [2.05, 4.69) is 0 Å². The van der Waals surface area contributed by atoms with Crippen molar-refractivity contribution in [1.29, 1.82) is 0 Å². The standard InChI is InChI=1S/C14H15NO4/c1-8(2)11(7-12(16)17)15-13(18)9-5-3-4-6-10(9)14(15)19/h3-6,8,11H,7H2,1-2H3,(H,16,17)/t11-/m0/s1. The molecule has 2 amide bonds. The molecule has 1 aromatic carbocycles. The molecule has 2 rings (SSSR count). The number of benzene rings is 1. The first-order valence-electron chi connectivity index (χ1n) is 6.12. The van der Waals surface area contributed by atoms with Crippen LogP contribution in [0.25, 0.3) is 0 Å². The number of carbonyl (C=O) groups excluding carboxylic acids is 2. The van der Waals surface area contributed by atoms with Crippen molar-refractivity contribution in [2.75, 3.05) is 0 Å². The summed E-state index contributed by atoms with van der Waals surface area (Å²) in [4.78, 5) is 36.5. The fourth-order valence-electron chi connectivity index (χ4n) is 2.31. The summed E-state index contributed by atoms with van der Waals surface area (Å²) in [5, 5.41) is 8.93. The van der Waals surface area contributed by atoms with Crippen molar-refractivity contribution >= 4 is 17.8 Å². The third-order valence-electron chi connectivity index (χ3n) is 3.31. The summed E-state index contributed by atoms with van der Waals surface area (Å²) in [6.07, 6.45) is -0.233. The third kappa shape index (κ3) is 2.23.